The van der Waals surface area contributed by atoms with E-state index in [1.807, 2.05) is 42.5 Å². The lowest BCUT2D eigenvalue weighted by Gasteiger charge is -2.09. The number of aryl methyl sites for hydroxylation is 1. The van der Waals surface area contributed by atoms with Crippen LogP contribution in [-0.2, 0) is 13.6 Å². The summed E-state index contributed by atoms with van der Waals surface area (Å²) in [5.41, 5.74) is 5.48. The molecule has 3 aromatic carbocycles. The van der Waals surface area contributed by atoms with Crippen LogP contribution in [0.4, 0.5) is 5.69 Å². The molecule has 0 saturated heterocycles. The molecule has 0 aliphatic heterocycles. The highest BCUT2D eigenvalue weighted by Gasteiger charge is 2.20. The number of benzene rings is 3. The average Bonchev–Trinajstić information content (AvgIpc) is 3.30. The Balaban J connectivity index is 1.70. The van der Waals surface area contributed by atoms with Gasteiger partial charge in [0.15, 0.2) is 11.5 Å². The Kier molecular flexibility index (Phi) is 5.73. The van der Waals surface area contributed by atoms with Crippen LogP contribution in [-0.4, -0.2) is 26.9 Å². The molecular formula is C26H23ClN4O3. The standard InChI is InChI=1S/C26H23ClN4O3/c1-3-28-14-15-4-8-18(9-5-15)29-24(16-6-11-21-22(12-16)34-26(33)31(21)2)23-19-10-7-17(27)13-20(19)30-25(23)32/h4-13,28,30,32H,3,14H2,1-2H3. The quantitative estimate of drug-likeness (QED) is 0.293. The molecule has 0 spiro atoms. The monoisotopic (exact) mass is 474 g/mol. The predicted molar refractivity (Wildman–Crippen MR) is 136 cm³/mol. The molecule has 172 valence electrons. The van der Waals surface area contributed by atoms with Crippen molar-refractivity contribution >= 4 is 45.0 Å². The van der Waals surface area contributed by atoms with Crippen molar-refractivity contribution in [3.8, 4) is 5.88 Å². The maximum absolute atomic E-state index is 12.0. The minimum Gasteiger partial charge on any atom is -0.494 e. The topological polar surface area (TPSA) is 95.6 Å². The van der Waals surface area contributed by atoms with Crippen LogP contribution in [0, 0.1) is 0 Å². The number of halogens is 1. The number of aromatic hydroxyl groups is 1. The van der Waals surface area contributed by atoms with E-state index in [0.717, 1.165) is 29.7 Å². The molecule has 5 rings (SSSR count). The number of oxazole rings is 1. The molecule has 5 aromatic rings. The molecule has 0 fully saturated rings. The van der Waals surface area contributed by atoms with Gasteiger partial charge in [-0.2, -0.15) is 0 Å². The van der Waals surface area contributed by atoms with E-state index < -0.39 is 5.76 Å². The lowest BCUT2D eigenvalue weighted by atomic mass is 10.0. The lowest BCUT2D eigenvalue weighted by Crippen LogP contribution is -2.11. The van der Waals surface area contributed by atoms with Gasteiger partial charge in [-0.05, 0) is 48.5 Å². The van der Waals surface area contributed by atoms with E-state index in [1.165, 1.54) is 4.57 Å². The smallest absolute Gasteiger partial charge is 0.419 e. The average molecular weight is 475 g/mol. The summed E-state index contributed by atoms with van der Waals surface area (Å²) >= 11 is 6.16. The molecule has 2 heterocycles. The van der Waals surface area contributed by atoms with Gasteiger partial charge in [0, 0.05) is 29.6 Å². The van der Waals surface area contributed by atoms with Crippen LogP contribution < -0.4 is 11.1 Å². The second-order valence-electron chi connectivity index (χ2n) is 8.06. The fourth-order valence-corrected chi connectivity index (χ4v) is 4.20. The number of hydrogen-bond donors (Lipinski definition) is 3. The van der Waals surface area contributed by atoms with Crippen molar-refractivity contribution in [3.63, 3.8) is 0 Å². The molecule has 0 radical (unpaired) electrons. The third kappa shape index (κ3) is 4.00. The summed E-state index contributed by atoms with van der Waals surface area (Å²) in [5.74, 6) is -0.458. The molecule has 0 unspecified atom stereocenters. The van der Waals surface area contributed by atoms with Crippen LogP contribution in [0.3, 0.4) is 0 Å². The Bertz CT molecular complexity index is 1590. The van der Waals surface area contributed by atoms with Crippen molar-refractivity contribution in [2.75, 3.05) is 6.54 Å². The summed E-state index contributed by atoms with van der Waals surface area (Å²) < 4.78 is 6.85. The Morgan fingerprint density at radius 1 is 1.15 bits per heavy atom. The first-order chi connectivity index (χ1) is 16.4. The second-order valence-corrected chi connectivity index (χ2v) is 8.49. The van der Waals surface area contributed by atoms with Gasteiger partial charge in [-0.15, -0.1) is 0 Å². The highest BCUT2D eigenvalue weighted by molar-refractivity contribution is 6.31. The molecule has 8 heteroatoms. The van der Waals surface area contributed by atoms with Crippen LogP contribution >= 0.6 is 11.6 Å². The summed E-state index contributed by atoms with van der Waals surface area (Å²) in [7, 11) is 1.66. The second kappa shape index (κ2) is 8.85. The highest BCUT2D eigenvalue weighted by Crippen LogP contribution is 2.33. The fourth-order valence-electron chi connectivity index (χ4n) is 4.03. The fraction of sp³-hybridized carbons (Fsp3) is 0.154. The molecule has 34 heavy (non-hydrogen) atoms. The largest absolute Gasteiger partial charge is 0.494 e. The Labute approximate surface area is 200 Å². The summed E-state index contributed by atoms with van der Waals surface area (Å²) in [5, 5.41) is 15.5. The van der Waals surface area contributed by atoms with Gasteiger partial charge in [0.2, 0.25) is 0 Å². The number of aliphatic imine (C=N–C) groups is 1. The van der Waals surface area contributed by atoms with Crippen LogP contribution in [0.25, 0.3) is 22.0 Å². The minimum absolute atomic E-state index is 0.0191. The first-order valence-corrected chi connectivity index (χ1v) is 11.3. The first kappa shape index (κ1) is 22.0. The zero-order chi connectivity index (χ0) is 23.8. The number of nitrogens with one attached hydrogen (secondary N) is 2. The van der Waals surface area contributed by atoms with Crippen LogP contribution in [0.15, 0.2) is 74.9 Å². The molecule has 0 bridgehead atoms. The summed E-state index contributed by atoms with van der Waals surface area (Å²) in [4.78, 5) is 19.9. The minimum atomic E-state index is -0.438. The number of nitrogens with zero attached hydrogens (tertiary/aromatic N) is 2. The zero-order valence-electron chi connectivity index (χ0n) is 18.7. The van der Waals surface area contributed by atoms with Gasteiger partial charge in [0.25, 0.3) is 0 Å². The summed E-state index contributed by atoms with van der Waals surface area (Å²) in [6.07, 6.45) is 0. The first-order valence-electron chi connectivity index (χ1n) is 10.9. The molecular weight excluding hydrogens is 452 g/mol. The van der Waals surface area contributed by atoms with Crippen molar-refractivity contribution in [2.45, 2.75) is 13.5 Å². The van der Waals surface area contributed by atoms with Crippen LogP contribution in [0.5, 0.6) is 5.88 Å². The zero-order valence-corrected chi connectivity index (χ0v) is 19.5. The number of aromatic amines is 1. The Morgan fingerprint density at radius 3 is 2.71 bits per heavy atom. The normalized spacial score (nSPS) is 12.1. The molecule has 7 nitrogen and oxygen atoms in total. The van der Waals surface area contributed by atoms with Crippen molar-refractivity contribution in [1.29, 1.82) is 0 Å². The molecule has 0 aliphatic carbocycles. The third-order valence-electron chi connectivity index (χ3n) is 5.80. The van der Waals surface area contributed by atoms with E-state index in [4.69, 9.17) is 21.0 Å². The van der Waals surface area contributed by atoms with E-state index in [2.05, 4.69) is 17.2 Å². The highest BCUT2D eigenvalue weighted by atomic mass is 35.5. The summed E-state index contributed by atoms with van der Waals surface area (Å²) in [6.45, 7) is 3.74. The van der Waals surface area contributed by atoms with Gasteiger partial charge < -0.3 is 19.8 Å². The van der Waals surface area contributed by atoms with Gasteiger partial charge in [-0.3, -0.25) is 4.57 Å². The van der Waals surface area contributed by atoms with Crippen LogP contribution in [0.2, 0.25) is 5.02 Å². The SMILES string of the molecule is CCNCc1ccc(N=C(c2ccc3c(c2)oc(=O)n3C)c2c(O)[nH]c3cc(Cl)ccc23)cc1. The van der Waals surface area contributed by atoms with Crippen LogP contribution in [0.1, 0.15) is 23.6 Å². The number of rotatable bonds is 6. The molecule has 0 atom stereocenters. The van der Waals surface area contributed by atoms with Gasteiger partial charge >= 0.3 is 5.76 Å². The Hall–Kier alpha value is -3.81. The molecule has 0 saturated carbocycles. The number of hydrogen-bond acceptors (Lipinski definition) is 5. The van der Waals surface area contributed by atoms with Gasteiger partial charge in [-0.1, -0.05) is 42.8 Å². The predicted octanol–water partition coefficient (Wildman–Crippen LogP) is 5.25. The number of H-pyrrole nitrogens is 1. The van der Waals surface area contributed by atoms with Gasteiger partial charge in [0.1, 0.15) is 0 Å². The van der Waals surface area contributed by atoms with Crippen molar-refractivity contribution in [1.82, 2.24) is 14.9 Å². The molecule has 0 aliphatic rings. The van der Waals surface area contributed by atoms with Crippen molar-refractivity contribution < 1.29 is 9.52 Å². The van der Waals surface area contributed by atoms with E-state index >= 15 is 0 Å². The maximum atomic E-state index is 12.0. The van der Waals surface area contributed by atoms with E-state index in [9.17, 15) is 9.90 Å². The van der Waals surface area contributed by atoms with Gasteiger partial charge in [-0.25, -0.2) is 9.79 Å². The molecule has 0 amide bonds. The van der Waals surface area contributed by atoms with Gasteiger partial charge in [0.05, 0.1) is 28.0 Å². The van der Waals surface area contributed by atoms with E-state index in [1.54, 1.807) is 25.2 Å². The van der Waals surface area contributed by atoms with E-state index in [-0.39, 0.29) is 5.88 Å². The maximum Gasteiger partial charge on any atom is 0.419 e. The van der Waals surface area contributed by atoms with E-state index in [0.29, 0.717) is 38.5 Å². The molecule has 2 aromatic heterocycles. The summed E-state index contributed by atoms with van der Waals surface area (Å²) in [6, 6.07) is 18.7. The van der Waals surface area contributed by atoms with Crippen molar-refractivity contribution in [2.24, 2.45) is 12.0 Å². The lowest BCUT2D eigenvalue weighted by molar-refractivity contribution is 0.457. The van der Waals surface area contributed by atoms with Crippen molar-refractivity contribution in [3.05, 3.63) is 92.9 Å². The number of aromatic nitrogens is 2. The molecule has 3 N–H and O–H groups in total. The third-order valence-corrected chi connectivity index (χ3v) is 6.03. The number of fused-ring (bicyclic) bond motifs is 2. The Morgan fingerprint density at radius 2 is 1.94 bits per heavy atom.